The average Bonchev–Trinajstić information content (AvgIpc) is 2.44. The smallest absolute Gasteiger partial charge is 0.206 e. The maximum atomic E-state index is 12.4. The topological polar surface area (TPSA) is 61.1 Å². The fraction of sp³-hybridized carbons (Fsp3) is 0. The molecule has 3 nitrogen and oxygen atoms in total. The molecule has 21 heavy (non-hydrogen) atoms. The summed E-state index contributed by atoms with van der Waals surface area (Å²) in [6.45, 7) is 0. The van der Waals surface area contributed by atoms with Crippen LogP contribution < -0.4 is 0 Å². The van der Waals surface area contributed by atoms with Crippen molar-refractivity contribution in [1.29, 1.82) is 5.26 Å². The summed E-state index contributed by atoms with van der Waals surface area (Å²) in [5.41, 5.74) is 0.507. The molecule has 2 aromatic rings. The normalized spacial score (nSPS) is 11.0. The zero-order valence-electron chi connectivity index (χ0n) is 10.7. The van der Waals surface area contributed by atoms with Crippen molar-refractivity contribution in [3.8, 4) is 11.8 Å². The van der Waals surface area contributed by atoms with Crippen molar-refractivity contribution in [3.05, 3.63) is 69.2 Å². The van der Waals surface area contributed by atoms with E-state index in [1.807, 2.05) is 6.07 Å². The number of phenols is 1. The van der Waals surface area contributed by atoms with Crippen LogP contribution in [0.5, 0.6) is 5.75 Å². The summed E-state index contributed by atoms with van der Waals surface area (Å²) in [5, 5.41) is 19.0. The number of benzene rings is 2. The first-order valence-corrected chi connectivity index (χ1v) is 6.68. The van der Waals surface area contributed by atoms with Gasteiger partial charge in [0.15, 0.2) is 0 Å². The molecule has 0 heterocycles. The maximum Gasteiger partial charge on any atom is 0.206 e. The molecule has 0 unspecified atom stereocenters. The molecule has 0 fully saturated rings. The minimum absolute atomic E-state index is 0.0456. The first-order chi connectivity index (χ1) is 10.0. The Morgan fingerprint density at radius 1 is 1.14 bits per heavy atom. The second-order valence-corrected chi connectivity index (χ2v) is 5.00. The van der Waals surface area contributed by atoms with E-state index >= 15 is 0 Å². The van der Waals surface area contributed by atoms with Gasteiger partial charge in [-0.1, -0.05) is 41.4 Å². The Hall–Kier alpha value is -2.28. The van der Waals surface area contributed by atoms with Gasteiger partial charge in [-0.15, -0.1) is 0 Å². The van der Waals surface area contributed by atoms with Crippen LogP contribution in [-0.2, 0) is 0 Å². The summed E-state index contributed by atoms with van der Waals surface area (Å²) in [5.74, 6) is -0.513. The third kappa shape index (κ3) is 3.43. The van der Waals surface area contributed by atoms with E-state index in [4.69, 9.17) is 23.2 Å². The second kappa shape index (κ2) is 6.45. The third-order valence-electron chi connectivity index (χ3n) is 2.74. The van der Waals surface area contributed by atoms with E-state index in [0.29, 0.717) is 5.56 Å². The second-order valence-electron chi connectivity index (χ2n) is 4.19. The van der Waals surface area contributed by atoms with Gasteiger partial charge in [-0.05, 0) is 35.9 Å². The summed E-state index contributed by atoms with van der Waals surface area (Å²) < 4.78 is 0. The van der Waals surface area contributed by atoms with Crippen LogP contribution in [0.2, 0.25) is 10.0 Å². The van der Waals surface area contributed by atoms with Crippen LogP contribution in [0.15, 0.2) is 48.0 Å². The SMILES string of the molecule is N#C/C(=C\c1cccc(O)c1)C(=O)c1c(Cl)cccc1Cl. The van der Waals surface area contributed by atoms with Crippen molar-refractivity contribution in [3.63, 3.8) is 0 Å². The van der Waals surface area contributed by atoms with Crippen LogP contribution in [-0.4, -0.2) is 10.9 Å². The van der Waals surface area contributed by atoms with Crippen LogP contribution in [0.4, 0.5) is 0 Å². The zero-order chi connectivity index (χ0) is 15.4. The molecule has 2 aromatic carbocycles. The molecule has 0 saturated carbocycles. The summed E-state index contributed by atoms with van der Waals surface area (Å²) in [4.78, 5) is 12.4. The van der Waals surface area contributed by atoms with E-state index in [2.05, 4.69) is 0 Å². The van der Waals surface area contributed by atoms with Gasteiger partial charge in [-0.3, -0.25) is 4.79 Å². The van der Waals surface area contributed by atoms with E-state index in [1.54, 1.807) is 18.2 Å². The maximum absolute atomic E-state index is 12.4. The van der Waals surface area contributed by atoms with Gasteiger partial charge < -0.3 is 5.11 Å². The highest BCUT2D eigenvalue weighted by atomic mass is 35.5. The van der Waals surface area contributed by atoms with Gasteiger partial charge in [0, 0.05) is 0 Å². The minimum atomic E-state index is -0.559. The first-order valence-electron chi connectivity index (χ1n) is 5.92. The highest BCUT2D eigenvalue weighted by molar-refractivity contribution is 6.41. The molecule has 0 atom stereocenters. The van der Waals surface area contributed by atoms with Crippen molar-refractivity contribution in [2.24, 2.45) is 0 Å². The Balaban J connectivity index is 2.47. The van der Waals surface area contributed by atoms with E-state index < -0.39 is 5.78 Å². The largest absolute Gasteiger partial charge is 0.508 e. The van der Waals surface area contributed by atoms with Crippen LogP contribution >= 0.6 is 23.2 Å². The predicted molar refractivity (Wildman–Crippen MR) is 82.5 cm³/mol. The highest BCUT2D eigenvalue weighted by Gasteiger charge is 2.18. The number of rotatable bonds is 3. The van der Waals surface area contributed by atoms with E-state index in [9.17, 15) is 15.2 Å². The lowest BCUT2D eigenvalue weighted by atomic mass is 10.0. The van der Waals surface area contributed by atoms with Crippen LogP contribution in [0.25, 0.3) is 6.08 Å². The molecular formula is C16H9Cl2NO2. The van der Waals surface area contributed by atoms with E-state index in [-0.39, 0.29) is 26.9 Å². The number of hydrogen-bond donors (Lipinski definition) is 1. The molecule has 0 radical (unpaired) electrons. The molecule has 0 aliphatic heterocycles. The molecule has 0 spiro atoms. The number of phenolic OH excluding ortho intramolecular Hbond substituents is 1. The number of aromatic hydroxyl groups is 1. The van der Waals surface area contributed by atoms with Crippen molar-refractivity contribution in [2.45, 2.75) is 0 Å². The Kier molecular flexibility index (Phi) is 4.64. The first kappa shape index (κ1) is 15.1. The van der Waals surface area contributed by atoms with Crippen molar-refractivity contribution < 1.29 is 9.90 Å². The number of hydrogen-bond acceptors (Lipinski definition) is 3. The van der Waals surface area contributed by atoms with Crippen molar-refractivity contribution in [1.82, 2.24) is 0 Å². The lowest BCUT2D eigenvalue weighted by Crippen LogP contribution is -2.04. The number of halogens is 2. The average molecular weight is 318 g/mol. The number of carbonyl (C=O) groups excluding carboxylic acids is 1. The summed E-state index contributed by atoms with van der Waals surface area (Å²) in [6.07, 6.45) is 1.38. The monoisotopic (exact) mass is 317 g/mol. The fourth-order valence-electron chi connectivity index (χ4n) is 1.78. The summed E-state index contributed by atoms with van der Waals surface area (Å²) >= 11 is 11.9. The Labute approximate surface area is 131 Å². The number of allylic oxidation sites excluding steroid dienone is 1. The quantitative estimate of drug-likeness (QED) is 0.515. The Morgan fingerprint density at radius 2 is 1.76 bits per heavy atom. The molecule has 0 aromatic heterocycles. The summed E-state index contributed by atoms with van der Waals surface area (Å²) in [6, 6.07) is 12.7. The van der Waals surface area contributed by atoms with Gasteiger partial charge in [0.05, 0.1) is 15.6 Å². The molecule has 2 rings (SSSR count). The fourth-order valence-corrected chi connectivity index (χ4v) is 2.35. The predicted octanol–water partition coefficient (Wildman–Crippen LogP) is 4.49. The van der Waals surface area contributed by atoms with E-state index in [0.717, 1.165) is 0 Å². The van der Waals surface area contributed by atoms with Crippen molar-refractivity contribution in [2.75, 3.05) is 0 Å². The standard InChI is InChI=1S/C16H9Cl2NO2/c17-13-5-2-6-14(18)15(13)16(21)11(9-19)7-10-3-1-4-12(20)8-10/h1-8,20H/b11-7+. The molecule has 1 N–H and O–H groups in total. The van der Waals surface area contributed by atoms with Gasteiger partial charge in [0.2, 0.25) is 5.78 Å². The number of nitrogens with zero attached hydrogens (tertiary/aromatic N) is 1. The van der Waals surface area contributed by atoms with Gasteiger partial charge >= 0.3 is 0 Å². The zero-order valence-corrected chi connectivity index (χ0v) is 12.2. The number of Topliss-reactive ketones (excluding diaryl/α,β-unsaturated/α-hetero) is 1. The minimum Gasteiger partial charge on any atom is -0.508 e. The van der Waals surface area contributed by atoms with Gasteiger partial charge in [-0.2, -0.15) is 5.26 Å². The van der Waals surface area contributed by atoms with Crippen LogP contribution in [0.1, 0.15) is 15.9 Å². The lowest BCUT2D eigenvalue weighted by molar-refractivity contribution is 0.104. The van der Waals surface area contributed by atoms with Crippen molar-refractivity contribution >= 4 is 35.1 Å². The number of nitriles is 1. The number of ketones is 1. The molecular weight excluding hydrogens is 309 g/mol. The molecule has 5 heteroatoms. The number of carbonyl (C=O) groups is 1. The van der Waals surface area contributed by atoms with E-state index in [1.165, 1.54) is 30.3 Å². The Morgan fingerprint density at radius 3 is 2.33 bits per heavy atom. The molecule has 0 bridgehead atoms. The highest BCUT2D eigenvalue weighted by Crippen LogP contribution is 2.27. The van der Waals surface area contributed by atoms with Crippen LogP contribution in [0, 0.1) is 11.3 Å². The molecule has 0 aliphatic rings. The lowest BCUT2D eigenvalue weighted by Gasteiger charge is -2.05. The van der Waals surface area contributed by atoms with Gasteiger partial charge in [0.25, 0.3) is 0 Å². The van der Waals surface area contributed by atoms with Gasteiger partial charge in [0.1, 0.15) is 17.4 Å². The molecule has 104 valence electrons. The summed E-state index contributed by atoms with van der Waals surface area (Å²) in [7, 11) is 0. The van der Waals surface area contributed by atoms with Gasteiger partial charge in [-0.25, -0.2) is 0 Å². The molecule has 0 aliphatic carbocycles. The Bertz CT molecular complexity index is 756. The van der Waals surface area contributed by atoms with Crippen LogP contribution in [0.3, 0.4) is 0 Å². The third-order valence-corrected chi connectivity index (χ3v) is 3.37. The molecule has 0 saturated heterocycles. The molecule has 0 amide bonds.